The second kappa shape index (κ2) is 5.18. The van der Waals surface area contributed by atoms with Gasteiger partial charge < -0.3 is 4.74 Å². The van der Waals surface area contributed by atoms with E-state index in [0.717, 1.165) is 30.6 Å². The largest absolute Gasteiger partial charge is 0.497 e. The van der Waals surface area contributed by atoms with Crippen LogP contribution in [-0.2, 0) is 11.2 Å². The van der Waals surface area contributed by atoms with Gasteiger partial charge in [0, 0.05) is 11.8 Å². The van der Waals surface area contributed by atoms with E-state index in [9.17, 15) is 4.79 Å². The van der Waals surface area contributed by atoms with Crippen molar-refractivity contribution in [1.29, 1.82) is 0 Å². The van der Waals surface area contributed by atoms with Crippen LogP contribution >= 0.6 is 0 Å². The fourth-order valence-corrected chi connectivity index (χ4v) is 3.80. The number of ether oxygens (including phenoxy) is 1. The molecule has 0 heterocycles. The Bertz CT molecular complexity index is 652. The predicted octanol–water partition coefficient (Wildman–Crippen LogP) is 4.34. The van der Waals surface area contributed by atoms with Crippen LogP contribution in [0.3, 0.4) is 0 Å². The zero-order valence-corrected chi connectivity index (χ0v) is 13.0. The van der Waals surface area contributed by atoms with Crippen molar-refractivity contribution in [1.82, 2.24) is 0 Å². The molecule has 1 unspecified atom stereocenters. The molecule has 3 rings (SSSR count). The molecule has 0 radical (unpaired) electrons. The maximum atomic E-state index is 12.2. The van der Waals surface area contributed by atoms with Crippen molar-refractivity contribution >= 4 is 11.4 Å². The Morgan fingerprint density at radius 3 is 2.90 bits per heavy atom. The first-order chi connectivity index (χ1) is 10.1. The van der Waals surface area contributed by atoms with Crippen molar-refractivity contribution in [2.45, 2.75) is 39.5 Å². The average molecular weight is 282 g/mol. The highest BCUT2D eigenvalue weighted by Crippen LogP contribution is 2.55. The van der Waals surface area contributed by atoms with E-state index in [1.165, 1.54) is 16.7 Å². The van der Waals surface area contributed by atoms with Crippen LogP contribution in [0.15, 0.2) is 35.9 Å². The standard InChI is InChI=1S/C19H22O2/c1-4-5-9-19-10-8-17(20)13(2)18(19)16-7-6-15(21-3)11-14(16)12-19/h5-7,9,11H,4,8,10,12H2,1-3H3. The number of hydrogen-bond acceptors (Lipinski definition) is 2. The van der Waals surface area contributed by atoms with Gasteiger partial charge in [0.15, 0.2) is 5.78 Å². The van der Waals surface area contributed by atoms with Gasteiger partial charge in [-0.1, -0.05) is 25.1 Å². The number of carbonyl (C=O) groups excluding carboxylic acids is 1. The van der Waals surface area contributed by atoms with E-state index in [1.807, 2.05) is 13.0 Å². The minimum Gasteiger partial charge on any atom is -0.497 e. The first-order valence-electron chi connectivity index (χ1n) is 7.71. The lowest BCUT2D eigenvalue weighted by Gasteiger charge is -2.33. The zero-order chi connectivity index (χ0) is 15.0. The van der Waals surface area contributed by atoms with E-state index in [0.29, 0.717) is 12.2 Å². The number of fused-ring (bicyclic) bond motifs is 3. The summed E-state index contributed by atoms with van der Waals surface area (Å²) in [4.78, 5) is 12.2. The van der Waals surface area contributed by atoms with Crippen molar-refractivity contribution in [2.75, 3.05) is 7.11 Å². The molecular formula is C19H22O2. The lowest BCUT2D eigenvalue weighted by molar-refractivity contribution is -0.116. The first-order valence-corrected chi connectivity index (χ1v) is 7.71. The lowest BCUT2D eigenvalue weighted by atomic mass is 9.70. The van der Waals surface area contributed by atoms with Gasteiger partial charge in [-0.2, -0.15) is 0 Å². The van der Waals surface area contributed by atoms with Crippen LogP contribution in [0.4, 0.5) is 0 Å². The molecule has 0 spiro atoms. The maximum absolute atomic E-state index is 12.2. The van der Waals surface area contributed by atoms with Gasteiger partial charge in [-0.05, 0) is 60.6 Å². The van der Waals surface area contributed by atoms with Crippen LogP contribution in [0.1, 0.15) is 44.2 Å². The second-order valence-corrected chi connectivity index (χ2v) is 6.09. The molecule has 0 N–H and O–H groups in total. The van der Waals surface area contributed by atoms with Gasteiger partial charge in [0.2, 0.25) is 0 Å². The Morgan fingerprint density at radius 2 is 2.19 bits per heavy atom. The number of methoxy groups -OCH3 is 1. The molecule has 2 aliphatic rings. The van der Waals surface area contributed by atoms with Gasteiger partial charge in [-0.15, -0.1) is 0 Å². The van der Waals surface area contributed by atoms with Crippen LogP contribution in [0.2, 0.25) is 0 Å². The number of ketones is 1. The molecule has 21 heavy (non-hydrogen) atoms. The molecule has 0 aromatic heterocycles. The predicted molar refractivity (Wildman–Crippen MR) is 85.4 cm³/mol. The third-order valence-electron chi connectivity index (χ3n) is 4.85. The zero-order valence-electron chi connectivity index (χ0n) is 13.0. The third-order valence-corrected chi connectivity index (χ3v) is 4.85. The third kappa shape index (κ3) is 2.14. The van der Waals surface area contributed by atoms with Crippen LogP contribution in [0, 0.1) is 5.41 Å². The quantitative estimate of drug-likeness (QED) is 0.771. The Balaban J connectivity index is 2.19. The van der Waals surface area contributed by atoms with Gasteiger partial charge >= 0.3 is 0 Å². The van der Waals surface area contributed by atoms with Crippen LogP contribution < -0.4 is 4.74 Å². The molecule has 2 nitrogen and oxygen atoms in total. The topological polar surface area (TPSA) is 26.3 Å². The van der Waals surface area contributed by atoms with Gasteiger partial charge in [0.1, 0.15) is 5.75 Å². The SMILES string of the molecule is CCC=CC12CCC(=O)C(C)=C1c1ccc(OC)cc1C2. The van der Waals surface area contributed by atoms with E-state index >= 15 is 0 Å². The van der Waals surface area contributed by atoms with Crippen molar-refractivity contribution in [3.63, 3.8) is 0 Å². The number of rotatable bonds is 3. The summed E-state index contributed by atoms with van der Waals surface area (Å²) in [7, 11) is 1.70. The minimum absolute atomic E-state index is 0.0166. The van der Waals surface area contributed by atoms with E-state index in [1.54, 1.807) is 7.11 Å². The summed E-state index contributed by atoms with van der Waals surface area (Å²) in [5.74, 6) is 1.20. The Labute approximate surface area is 126 Å². The summed E-state index contributed by atoms with van der Waals surface area (Å²) in [5.41, 5.74) is 4.76. The number of allylic oxidation sites excluding steroid dienone is 4. The molecule has 0 bridgehead atoms. The van der Waals surface area contributed by atoms with Gasteiger partial charge in [-0.25, -0.2) is 0 Å². The highest BCUT2D eigenvalue weighted by Gasteiger charge is 2.44. The highest BCUT2D eigenvalue weighted by atomic mass is 16.5. The Morgan fingerprint density at radius 1 is 1.38 bits per heavy atom. The summed E-state index contributed by atoms with van der Waals surface area (Å²) in [5, 5.41) is 0. The van der Waals surface area contributed by atoms with Crippen LogP contribution in [0.5, 0.6) is 5.75 Å². The maximum Gasteiger partial charge on any atom is 0.158 e. The monoisotopic (exact) mass is 282 g/mol. The van der Waals surface area contributed by atoms with Crippen molar-refractivity contribution in [3.8, 4) is 5.75 Å². The molecule has 0 saturated carbocycles. The number of Topliss-reactive ketones (excluding diaryl/α,β-unsaturated/α-hetero) is 1. The Hall–Kier alpha value is -1.83. The molecule has 1 aromatic rings. The summed E-state index contributed by atoms with van der Waals surface area (Å²) >= 11 is 0. The lowest BCUT2D eigenvalue weighted by Crippen LogP contribution is -2.26. The molecule has 0 saturated heterocycles. The molecule has 110 valence electrons. The summed E-state index contributed by atoms with van der Waals surface area (Å²) in [6, 6.07) is 6.24. The molecular weight excluding hydrogens is 260 g/mol. The summed E-state index contributed by atoms with van der Waals surface area (Å²) < 4.78 is 5.35. The van der Waals surface area contributed by atoms with Crippen LogP contribution in [0.25, 0.3) is 5.57 Å². The minimum atomic E-state index is 0.0166. The van der Waals surface area contributed by atoms with Gasteiger partial charge in [0.05, 0.1) is 7.11 Å². The molecule has 2 heteroatoms. The average Bonchev–Trinajstić information content (AvgIpc) is 2.83. The number of hydrogen-bond donors (Lipinski definition) is 0. The van der Waals surface area contributed by atoms with E-state index in [4.69, 9.17) is 4.74 Å². The van der Waals surface area contributed by atoms with Crippen molar-refractivity contribution in [3.05, 3.63) is 47.1 Å². The molecule has 0 fully saturated rings. The van der Waals surface area contributed by atoms with Crippen molar-refractivity contribution < 1.29 is 9.53 Å². The number of carbonyl (C=O) groups is 1. The van der Waals surface area contributed by atoms with E-state index in [-0.39, 0.29) is 5.41 Å². The molecule has 0 amide bonds. The van der Waals surface area contributed by atoms with E-state index < -0.39 is 0 Å². The normalized spacial score (nSPS) is 24.4. The molecule has 2 aliphatic carbocycles. The first kappa shape index (κ1) is 14.1. The molecule has 1 atom stereocenters. The van der Waals surface area contributed by atoms with E-state index in [2.05, 4.69) is 31.2 Å². The smallest absolute Gasteiger partial charge is 0.158 e. The Kier molecular flexibility index (Phi) is 3.48. The van der Waals surface area contributed by atoms with Crippen molar-refractivity contribution in [2.24, 2.45) is 5.41 Å². The number of benzene rings is 1. The fraction of sp³-hybridized carbons (Fsp3) is 0.421. The molecule has 0 aliphatic heterocycles. The van der Waals surface area contributed by atoms with Gasteiger partial charge in [0.25, 0.3) is 0 Å². The van der Waals surface area contributed by atoms with Gasteiger partial charge in [-0.3, -0.25) is 4.79 Å². The highest BCUT2D eigenvalue weighted by molar-refractivity contribution is 6.06. The van der Waals surface area contributed by atoms with Crippen LogP contribution in [-0.4, -0.2) is 12.9 Å². The second-order valence-electron chi connectivity index (χ2n) is 6.09. The molecule has 1 aromatic carbocycles. The summed E-state index contributed by atoms with van der Waals surface area (Å²) in [6.07, 6.45) is 8.18. The summed E-state index contributed by atoms with van der Waals surface area (Å²) in [6.45, 7) is 4.15. The fourth-order valence-electron chi connectivity index (χ4n) is 3.80.